The van der Waals surface area contributed by atoms with Crippen molar-refractivity contribution in [3.8, 4) is 0 Å². The summed E-state index contributed by atoms with van der Waals surface area (Å²) < 4.78 is 11.7. The molecule has 1 aliphatic rings. The predicted molar refractivity (Wildman–Crippen MR) is 48.7 cm³/mol. The molecule has 0 saturated carbocycles. The van der Waals surface area contributed by atoms with Crippen LogP contribution in [-0.2, 0) is 11.4 Å². The average Bonchev–Trinajstić information content (AvgIpc) is 2.62. The Morgan fingerprint density at radius 1 is 1.71 bits per heavy atom. The lowest BCUT2D eigenvalue weighted by Crippen LogP contribution is -2.04. The van der Waals surface area contributed by atoms with Gasteiger partial charge in [-0.1, -0.05) is 6.92 Å². The number of nitrogens with one attached hydrogen (secondary N) is 1. The summed E-state index contributed by atoms with van der Waals surface area (Å²) in [5, 5.41) is 0. The first-order chi connectivity index (χ1) is 6.72. The van der Waals surface area contributed by atoms with Gasteiger partial charge >= 0.3 is 5.97 Å². The van der Waals surface area contributed by atoms with E-state index >= 15 is 0 Å². The fourth-order valence-corrected chi connectivity index (χ4v) is 2.05. The number of rotatable bonds is 1. The van der Waals surface area contributed by atoms with Gasteiger partial charge in [-0.3, -0.25) is 0 Å². The van der Waals surface area contributed by atoms with Crippen molar-refractivity contribution < 1.29 is 14.3 Å². The number of hydrogen-bond donors (Lipinski definition) is 1. The van der Waals surface area contributed by atoms with Gasteiger partial charge in [0, 0.05) is 10.2 Å². The fourth-order valence-electron chi connectivity index (χ4n) is 2.05. The Bertz CT molecular complexity index is 359. The minimum atomic E-state index is -0.938. The second-order valence-electron chi connectivity index (χ2n) is 3.77. The molecule has 0 aromatic carbocycles. The summed E-state index contributed by atoms with van der Waals surface area (Å²) in [4.78, 5) is 17.0. The zero-order chi connectivity index (χ0) is 10.1. The summed E-state index contributed by atoms with van der Waals surface area (Å²) in [6.07, 6.45) is 3.16. The summed E-state index contributed by atoms with van der Waals surface area (Å²) in [6, 6.07) is 1.70. The highest BCUT2D eigenvalue weighted by Gasteiger charge is 2.22. The first kappa shape index (κ1) is 9.24. The molecule has 0 radical (unpaired) electrons. The van der Waals surface area contributed by atoms with Gasteiger partial charge in [0.1, 0.15) is 5.69 Å². The van der Waals surface area contributed by atoms with E-state index in [1.807, 2.05) is 0 Å². The number of fused-ring (bicyclic) bond motifs is 1. The van der Waals surface area contributed by atoms with Crippen molar-refractivity contribution in [3.63, 3.8) is 0 Å². The Morgan fingerprint density at radius 3 is 3.14 bits per heavy atom. The number of carbonyl (C=O) groups excluding carboxylic acids is 1. The largest absolute Gasteiger partial charge is 0.395 e. The molecule has 2 rings (SSSR count). The van der Waals surface area contributed by atoms with Crippen molar-refractivity contribution in [3.05, 3.63) is 23.0 Å². The van der Waals surface area contributed by atoms with E-state index in [0.717, 1.165) is 30.5 Å². The number of halogens is 1. The number of aromatic nitrogens is 1. The van der Waals surface area contributed by atoms with Gasteiger partial charge in [-0.05, 0) is 36.8 Å². The zero-order valence-corrected chi connectivity index (χ0v) is 7.97. The molecule has 4 heteroatoms. The van der Waals surface area contributed by atoms with Crippen molar-refractivity contribution in [1.82, 2.24) is 4.98 Å². The first-order valence-corrected chi connectivity index (χ1v) is 4.77. The third kappa shape index (κ3) is 1.41. The maximum Gasteiger partial charge on any atom is 0.395 e. The maximum absolute atomic E-state index is 11.7. The number of aryl methyl sites for hydroxylation is 1. The minimum Gasteiger partial charge on any atom is -0.353 e. The van der Waals surface area contributed by atoms with E-state index in [1.54, 1.807) is 6.07 Å². The molecule has 76 valence electrons. The van der Waals surface area contributed by atoms with Crippen molar-refractivity contribution in [2.75, 3.05) is 0 Å². The Hall–Kier alpha value is -1.32. The van der Waals surface area contributed by atoms with Crippen LogP contribution in [0, 0.1) is 0 Å². The maximum atomic E-state index is 11.7. The molecule has 1 aromatic heterocycles. The standard InChI is InChI=1S/C10H12FNO2/c1-6-3-2-4-8-7(6)5-9(12-8)10(13)14-11/h5-6,12H,2-4H2,1H3. The third-order valence-electron chi connectivity index (χ3n) is 2.82. The second-order valence-corrected chi connectivity index (χ2v) is 3.77. The van der Waals surface area contributed by atoms with E-state index in [4.69, 9.17) is 0 Å². The zero-order valence-electron chi connectivity index (χ0n) is 7.97. The van der Waals surface area contributed by atoms with Gasteiger partial charge in [-0.25, -0.2) is 9.74 Å². The van der Waals surface area contributed by atoms with Gasteiger partial charge in [0.25, 0.3) is 0 Å². The summed E-state index contributed by atoms with van der Waals surface area (Å²) in [6.45, 7) is 2.11. The van der Waals surface area contributed by atoms with E-state index in [9.17, 15) is 9.32 Å². The summed E-state index contributed by atoms with van der Waals surface area (Å²) in [5.41, 5.74) is 2.38. The molecule has 0 saturated heterocycles. The van der Waals surface area contributed by atoms with Gasteiger partial charge in [-0.2, -0.15) is 0 Å². The van der Waals surface area contributed by atoms with Crippen molar-refractivity contribution in [2.45, 2.75) is 32.1 Å². The van der Waals surface area contributed by atoms with Crippen LogP contribution in [0.15, 0.2) is 6.07 Å². The lowest BCUT2D eigenvalue weighted by molar-refractivity contribution is -0.0792. The van der Waals surface area contributed by atoms with Gasteiger partial charge in [0.2, 0.25) is 0 Å². The molecule has 0 bridgehead atoms. The van der Waals surface area contributed by atoms with Crippen LogP contribution < -0.4 is 0 Å². The molecule has 0 fully saturated rings. The van der Waals surface area contributed by atoms with E-state index in [1.165, 1.54) is 0 Å². The first-order valence-electron chi connectivity index (χ1n) is 4.77. The fraction of sp³-hybridized carbons (Fsp3) is 0.500. The van der Waals surface area contributed by atoms with Gasteiger partial charge in [0.15, 0.2) is 0 Å². The molecule has 1 N–H and O–H groups in total. The van der Waals surface area contributed by atoms with Gasteiger partial charge < -0.3 is 4.98 Å². The van der Waals surface area contributed by atoms with Crippen LogP contribution in [0.25, 0.3) is 0 Å². The number of carbonyl (C=O) groups is 1. The molecule has 1 unspecified atom stereocenters. The Balaban J connectivity index is 2.35. The van der Waals surface area contributed by atoms with Gasteiger partial charge in [-0.15, -0.1) is 0 Å². The molecule has 14 heavy (non-hydrogen) atoms. The van der Waals surface area contributed by atoms with Crippen LogP contribution in [0.3, 0.4) is 0 Å². The smallest absolute Gasteiger partial charge is 0.353 e. The molecular weight excluding hydrogens is 185 g/mol. The number of hydrogen-bond acceptors (Lipinski definition) is 2. The molecule has 1 aliphatic carbocycles. The molecule has 3 nitrogen and oxygen atoms in total. The number of aromatic amines is 1. The van der Waals surface area contributed by atoms with E-state index < -0.39 is 5.97 Å². The van der Waals surface area contributed by atoms with Crippen LogP contribution in [0.1, 0.15) is 47.4 Å². The SMILES string of the molecule is CC1CCCc2[nH]c(C(=O)OF)cc21. The molecule has 0 amide bonds. The predicted octanol–water partition coefficient (Wildman–Crippen LogP) is 2.50. The molecule has 0 spiro atoms. The van der Waals surface area contributed by atoms with E-state index in [0.29, 0.717) is 5.92 Å². The van der Waals surface area contributed by atoms with E-state index in [-0.39, 0.29) is 5.69 Å². The van der Waals surface area contributed by atoms with Crippen LogP contribution in [0.2, 0.25) is 0 Å². The minimum absolute atomic E-state index is 0.214. The highest BCUT2D eigenvalue weighted by Crippen LogP contribution is 2.31. The van der Waals surface area contributed by atoms with E-state index in [2.05, 4.69) is 16.8 Å². The lowest BCUT2D eigenvalue weighted by atomic mass is 9.88. The molecular formula is C10H12FNO2. The van der Waals surface area contributed by atoms with Crippen molar-refractivity contribution in [1.29, 1.82) is 0 Å². The highest BCUT2D eigenvalue weighted by molar-refractivity contribution is 5.87. The second kappa shape index (κ2) is 3.44. The summed E-state index contributed by atoms with van der Waals surface area (Å²) >= 11 is 0. The quantitative estimate of drug-likeness (QED) is 0.751. The summed E-state index contributed by atoms with van der Waals surface area (Å²) in [7, 11) is 0. The summed E-state index contributed by atoms with van der Waals surface area (Å²) in [5.74, 6) is -0.497. The van der Waals surface area contributed by atoms with Crippen LogP contribution in [-0.4, -0.2) is 11.0 Å². The molecule has 1 atom stereocenters. The van der Waals surface area contributed by atoms with Crippen LogP contribution in [0.5, 0.6) is 0 Å². The highest BCUT2D eigenvalue weighted by atomic mass is 19.3. The lowest BCUT2D eigenvalue weighted by Gasteiger charge is -2.17. The van der Waals surface area contributed by atoms with Crippen LogP contribution >= 0.6 is 0 Å². The number of H-pyrrole nitrogens is 1. The Kier molecular flexibility index (Phi) is 2.27. The average molecular weight is 197 g/mol. The van der Waals surface area contributed by atoms with Crippen molar-refractivity contribution >= 4 is 5.97 Å². The molecule has 1 aromatic rings. The Morgan fingerprint density at radius 2 is 2.50 bits per heavy atom. The monoisotopic (exact) mass is 197 g/mol. The topological polar surface area (TPSA) is 42.1 Å². The normalized spacial score (nSPS) is 20.3. The van der Waals surface area contributed by atoms with Gasteiger partial charge in [0.05, 0.1) is 0 Å². The third-order valence-corrected chi connectivity index (χ3v) is 2.82. The molecule has 1 heterocycles. The van der Waals surface area contributed by atoms with Crippen LogP contribution in [0.4, 0.5) is 4.53 Å². The Labute approximate surface area is 81.2 Å². The van der Waals surface area contributed by atoms with Crippen molar-refractivity contribution in [2.24, 2.45) is 0 Å². The molecule has 0 aliphatic heterocycles.